The van der Waals surface area contributed by atoms with Gasteiger partial charge in [-0.1, -0.05) is 42.5 Å². The maximum atomic E-state index is 13.3. The molecule has 1 atom stereocenters. The Balaban J connectivity index is 1.57. The van der Waals surface area contributed by atoms with Crippen LogP contribution in [0.4, 0.5) is 4.39 Å². The van der Waals surface area contributed by atoms with E-state index in [0.717, 1.165) is 5.56 Å². The summed E-state index contributed by atoms with van der Waals surface area (Å²) in [6.45, 7) is -0.317. The molecule has 1 amide bonds. The van der Waals surface area contributed by atoms with E-state index in [1.165, 1.54) is 41.5 Å². The fourth-order valence-corrected chi connectivity index (χ4v) is 4.41. The number of nitrogens with zero attached hydrogens (tertiary/aromatic N) is 2. The van der Waals surface area contributed by atoms with Gasteiger partial charge in [-0.25, -0.2) is 14.2 Å². The highest BCUT2D eigenvalue weighted by molar-refractivity contribution is 7.17. The van der Waals surface area contributed by atoms with Crippen LogP contribution in [0.25, 0.3) is 21.3 Å². The van der Waals surface area contributed by atoms with E-state index in [9.17, 15) is 18.8 Å². The average molecular weight is 466 g/mol. The summed E-state index contributed by atoms with van der Waals surface area (Å²) in [5, 5.41) is 4.79. The van der Waals surface area contributed by atoms with Gasteiger partial charge in [-0.2, -0.15) is 0 Å². The molecule has 33 heavy (non-hydrogen) atoms. The molecule has 1 N–H and O–H groups in total. The molecular formula is C24H20FN3O4S. The van der Waals surface area contributed by atoms with Crippen LogP contribution in [-0.2, 0) is 27.3 Å². The number of aromatic nitrogens is 2. The monoisotopic (exact) mass is 465 g/mol. The van der Waals surface area contributed by atoms with Gasteiger partial charge in [0.05, 0.1) is 18.8 Å². The number of amides is 1. The molecule has 0 aliphatic rings. The number of ether oxygens (including phenoxy) is 1. The van der Waals surface area contributed by atoms with Crippen molar-refractivity contribution < 1.29 is 18.7 Å². The predicted molar refractivity (Wildman–Crippen MR) is 123 cm³/mol. The van der Waals surface area contributed by atoms with Crippen molar-refractivity contribution in [1.29, 1.82) is 0 Å². The van der Waals surface area contributed by atoms with Crippen LogP contribution in [0.5, 0.6) is 0 Å². The molecule has 0 radical (unpaired) electrons. The number of esters is 1. The lowest BCUT2D eigenvalue weighted by molar-refractivity contribution is -0.145. The summed E-state index contributed by atoms with van der Waals surface area (Å²) >= 11 is 1.29. The fraction of sp³-hybridized carbons (Fsp3) is 0.167. The van der Waals surface area contributed by atoms with Crippen molar-refractivity contribution in [2.24, 2.45) is 0 Å². The highest BCUT2D eigenvalue weighted by Crippen LogP contribution is 2.30. The Morgan fingerprint density at radius 3 is 2.58 bits per heavy atom. The second-order valence-electron chi connectivity index (χ2n) is 7.35. The Bertz CT molecular complexity index is 1350. The molecule has 168 valence electrons. The van der Waals surface area contributed by atoms with Crippen molar-refractivity contribution in [2.75, 3.05) is 7.11 Å². The summed E-state index contributed by atoms with van der Waals surface area (Å²) in [4.78, 5) is 42.9. The minimum atomic E-state index is -0.895. The molecular weight excluding hydrogens is 445 g/mol. The zero-order valence-corrected chi connectivity index (χ0v) is 18.5. The van der Waals surface area contributed by atoms with E-state index < -0.39 is 23.5 Å². The highest BCUT2D eigenvalue weighted by atomic mass is 32.1. The first-order valence-corrected chi connectivity index (χ1v) is 11.0. The van der Waals surface area contributed by atoms with E-state index in [-0.39, 0.29) is 18.8 Å². The standard InChI is InChI=1S/C24H20FN3O4S/c1-32-24(31)19(11-15-5-3-2-4-6-15)27-20(29)12-28-14-26-22-21(23(28)30)18(13-33-22)16-7-9-17(25)10-8-16/h2-10,13-14,19H,11-12H2,1H3,(H,27,29)/t19-/m0/s1. The van der Waals surface area contributed by atoms with Gasteiger partial charge in [0, 0.05) is 17.4 Å². The van der Waals surface area contributed by atoms with Crippen molar-refractivity contribution in [2.45, 2.75) is 19.0 Å². The van der Waals surface area contributed by atoms with Crippen LogP contribution >= 0.6 is 11.3 Å². The van der Waals surface area contributed by atoms with Crippen LogP contribution in [0, 0.1) is 5.82 Å². The quantitative estimate of drug-likeness (QED) is 0.424. The van der Waals surface area contributed by atoms with Gasteiger partial charge in [0.1, 0.15) is 23.2 Å². The van der Waals surface area contributed by atoms with E-state index >= 15 is 0 Å². The summed E-state index contributed by atoms with van der Waals surface area (Å²) < 4.78 is 19.3. The van der Waals surface area contributed by atoms with Gasteiger partial charge in [-0.05, 0) is 23.3 Å². The molecule has 9 heteroatoms. The third-order valence-electron chi connectivity index (χ3n) is 5.13. The number of hydrogen-bond donors (Lipinski definition) is 1. The van der Waals surface area contributed by atoms with E-state index in [0.29, 0.717) is 21.3 Å². The molecule has 0 saturated carbocycles. The number of nitrogens with one attached hydrogen (secondary N) is 1. The molecule has 2 heterocycles. The SMILES string of the molecule is COC(=O)[C@H](Cc1ccccc1)NC(=O)Cn1cnc2scc(-c3ccc(F)cc3)c2c1=O. The van der Waals surface area contributed by atoms with Crippen molar-refractivity contribution in [3.8, 4) is 11.1 Å². The van der Waals surface area contributed by atoms with Gasteiger partial charge in [0.2, 0.25) is 5.91 Å². The van der Waals surface area contributed by atoms with Gasteiger partial charge in [-0.15, -0.1) is 11.3 Å². The fourth-order valence-electron chi connectivity index (χ4n) is 3.50. The molecule has 0 fully saturated rings. The predicted octanol–water partition coefficient (Wildman–Crippen LogP) is 3.16. The van der Waals surface area contributed by atoms with Crippen molar-refractivity contribution in [1.82, 2.24) is 14.9 Å². The number of fused-ring (bicyclic) bond motifs is 1. The Morgan fingerprint density at radius 1 is 1.15 bits per heavy atom. The Labute approximate surface area is 192 Å². The van der Waals surface area contributed by atoms with Gasteiger partial charge < -0.3 is 10.1 Å². The number of carbonyl (C=O) groups excluding carboxylic acids is 2. The molecule has 2 aromatic heterocycles. The minimum Gasteiger partial charge on any atom is -0.467 e. The Kier molecular flexibility index (Phi) is 6.60. The van der Waals surface area contributed by atoms with Crippen LogP contribution in [0.15, 0.2) is 71.1 Å². The molecule has 0 aliphatic carbocycles. The van der Waals surface area contributed by atoms with Crippen molar-refractivity contribution in [3.05, 3.63) is 88.0 Å². The molecule has 0 unspecified atom stereocenters. The number of thiophene rings is 1. The zero-order chi connectivity index (χ0) is 23.4. The topological polar surface area (TPSA) is 90.3 Å². The van der Waals surface area contributed by atoms with Crippen LogP contribution in [0.1, 0.15) is 5.56 Å². The first-order valence-electron chi connectivity index (χ1n) is 10.1. The van der Waals surface area contributed by atoms with E-state index in [4.69, 9.17) is 4.74 Å². The third kappa shape index (κ3) is 4.98. The van der Waals surface area contributed by atoms with Crippen molar-refractivity contribution >= 4 is 33.4 Å². The van der Waals surface area contributed by atoms with E-state index in [2.05, 4.69) is 10.3 Å². The van der Waals surface area contributed by atoms with Gasteiger partial charge in [0.25, 0.3) is 5.56 Å². The smallest absolute Gasteiger partial charge is 0.328 e. The summed E-state index contributed by atoms with van der Waals surface area (Å²) in [6.07, 6.45) is 1.56. The Morgan fingerprint density at radius 2 is 1.88 bits per heavy atom. The molecule has 0 spiro atoms. The molecule has 4 rings (SSSR count). The van der Waals surface area contributed by atoms with Crippen LogP contribution in [-0.4, -0.2) is 34.6 Å². The van der Waals surface area contributed by atoms with E-state index in [1.54, 1.807) is 17.5 Å². The maximum Gasteiger partial charge on any atom is 0.328 e. The van der Waals surface area contributed by atoms with Crippen LogP contribution in [0.3, 0.4) is 0 Å². The largest absolute Gasteiger partial charge is 0.467 e. The van der Waals surface area contributed by atoms with Gasteiger partial charge >= 0.3 is 5.97 Å². The third-order valence-corrected chi connectivity index (χ3v) is 6.02. The molecule has 7 nitrogen and oxygen atoms in total. The zero-order valence-electron chi connectivity index (χ0n) is 17.7. The first-order chi connectivity index (χ1) is 16.0. The van der Waals surface area contributed by atoms with Gasteiger partial charge in [0.15, 0.2) is 0 Å². The normalized spacial score (nSPS) is 11.8. The number of carbonyl (C=O) groups is 2. The molecule has 0 bridgehead atoms. The summed E-state index contributed by atoms with van der Waals surface area (Å²) in [5.41, 5.74) is 1.76. The highest BCUT2D eigenvalue weighted by Gasteiger charge is 2.23. The maximum absolute atomic E-state index is 13.3. The lowest BCUT2D eigenvalue weighted by Crippen LogP contribution is -2.45. The number of methoxy groups -OCH3 is 1. The van der Waals surface area contributed by atoms with Crippen LogP contribution in [0.2, 0.25) is 0 Å². The lowest BCUT2D eigenvalue weighted by Gasteiger charge is -2.17. The average Bonchev–Trinajstić information content (AvgIpc) is 3.26. The second kappa shape index (κ2) is 9.74. The summed E-state index contributed by atoms with van der Waals surface area (Å²) in [5.74, 6) is -1.48. The van der Waals surface area contributed by atoms with Gasteiger partial charge in [-0.3, -0.25) is 14.2 Å². The molecule has 0 aliphatic heterocycles. The molecule has 0 saturated heterocycles. The Hall–Kier alpha value is -3.85. The molecule has 2 aromatic carbocycles. The number of hydrogen-bond acceptors (Lipinski definition) is 6. The number of rotatable bonds is 7. The summed E-state index contributed by atoms with van der Waals surface area (Å²) in [6, 6.07) is 14.1. The van der Waals surface area contributed by atoms with Crippen LogP contribution < -0.4 is 10.9 Å². The van der Waals surface area contributed by atoms with E-state index in [1.807, 2.05) is 30.3 Å². The first kappa shape index (κ1) is 22.3. The number of benzene rings is 2. The van der Waals surface area contributed by atoms with Crippen molar-refractivity contribution in [3.63, 3.8) is 0 Å². The lowest BCUT2D eigenvalue weighted by atomic mass is 10.1. The minimum absolute atomic E-state index is 0.255. The second-order valence-corrected chi connectivity index (χ2v) is 8.21. The molecule has 4 aromatic rings. The summed E-state index contributed by atoms with van der Waals surface area (Å²) in [7, 11) is 1.25. The number of halogens is 1.